The monoisotopic (exact) mass is 260 g/mol. The zero-order valence-electron chi connectivity index (χ0n) is 12.0. The molecule has 0 spiro atoms. The smallest absolute Gasteiger partial charge is 0.188 e. The van der Waals surface area contributed by atoms with Gasteiger partial charge in [-0.1, -0.05) is 26.7 Å². The van der Waals surface area contributed by atoms with Gasteiger partial charge in [0, 0.05) is 43.3 Å². The summed E-state index contributed by atoms with van der Waals surface area (Å²) in [6.07, 6.45) is 11.5. The van der Waals surface area contributed by atoms with Crippen LogP contribution in [0.1, 0.15) is 49.9 Å². The molecule has 0 saturated carbocycles. The first-order chi connectivity index (χ1) is 9.27. The van der Waals surface area contributed by atoms with E-state index in [2.05, 4.69) is 23.7 Å². The van der Waals surface area contributed by atoms with Crippen LogP contribution in [0.2, 0.25) is 0 Å². The van der Waals surface area contributed by atoms with Crippen molar-refractivity contribution < 1.29 is 4.79 Å². The first kappa shape index (κ1) is 15.4. The predicted octanol–water partition coefficient (Wildman–Crippen LogP) is 3.68. The molecule has 1 aromatic heterocycles. The molecule has 19 heavy (non-hydrogen) atoms. The number of nitrogens with zero attached hydrogens (tertiary/aromatic N) is 2. The minimum Gasteiger partial charge on any atom is -0.377 e. The number of ketones is 1. The van der Waals surface area contributed by atoms with Gasteiger partial charge in [0.2, 0.25) is 0 Å². The SMILES string of the molecule is CCCCN(/C=C/C(=O)c1cccnc1)CCCC. The predicted molar refractivity (Wildman–Crippen MR) is 79.1 cm³/mol. The van der Waals surface area contributed by atoms with Gasteiger partial charge in [-0.15, -0.1) is 0 Å². The summed E-state index contributed by atoms with van der Waals surface area (Å²) in [7, 11) is 0. The van der Waals surface area contributed by atoms with Crippen molar-refractivity contribution in [1.29, 1.82) is 0 Å². The Morgan fingerprint density at radius 3 is 2.47 bits per heavy atom. The molecule has 0 bridgehead atoms. The molecule has 0 saturated heterocycles. The topological polar surface area (TPSA) is 33.2 Å². The van der Waals surface area contributed by atoms with E-state index < -0.39 is 0 Å². The van der Waals surface area contributed by atoms with Crippen LogP contribution in [0.25, 0.3) is 0 Å². The first-order valence-corrected chi connectivity index (χ1v) is 7.14. The molecule has 0 atom stereocenters. The minimum atomic E-state index is 0.0195. The van der Waals surface area contributed by atoms with Crippen LogP contribution in [0.5, 0.6) is 0 Å². The number of carbonyl (C=O) groups excluding carboxylic acids is 1. The van der Waals surface area contributed by atoms with E-state index in [0.29, 0.717) is 5.56 Å². The Kier molecular flexibility index (Phi) is 7.56. The van der Waals surface area contributed by atoms with Crippen molar-refractivity contribution in [2.75, 3.05) is 13.1 Å². The molecule has 104 valence electrons. The van der Waals surface area contributed by atoms with Crippen LogP contribution in [0.15, 0.2) is 36.8 Å². The van der Waals surface area contributed by atoms with Crippen molar-refractivity contribution in [2.24, 2.45) is 0 Å². The average Bonchev–Trinajstić information content (AvgIpc) is 2.47. The summed E-state index contributed by atoms with van der Waals surface area (Å²) in [5.74, 6) is 0.0195. The van der Waals surface area contributed by atoms with Gasteiger partial charge >= 0.3 is 0 Å². The number of hydrogen-bond acceptors (Lipinski definition) is 3. The van der Waals surface area contributed by atoms with Crippen LogP contribution in [0, 0.1) is 0 Å². The molecule has 0 aliphatic carbocycles. The van der Waals surface area contributed by atoms with Crippen LogP contribution in [0.3, 0.4) is 0 Å². The summed E-state index contributed by atoms with van der Waals surface area (Å²) in [6.45, 7) is 6.41. The molecule has 1 aromatic rings. The van der Waals surface area contributed by atoms with Gasteiger partial charge in [0.05, 0.1) is 0 Å². The molecule has 0 N–H and O–H groups in total. The fourth-order valence-corrected chi connectivity index (χ4v) is 1.76. The van der Waals surface area contributed by atoms with Gasteiger partial charge in [0.15, 0.2) is 5.78 Å². The van der Waals surface area contributed by atoms with Crippen molar-refractivity contribution in [3.05, 3.63) is 42.4 Å². The van der Waals surface area contributed by atoms with E-state index in [1.807, 2.05) is 6.20 Å². The fourth-order valence-electron chi connectivity index (χ4n) is 1.76. The maximum absolute atomic E-state index is 11.9. The molecular weight excluding hydrogens is 236 g/mol. The van der Waals surface area contributed by atoms with Gasteiger partial charge in [0.1, 0.15) is 0 Å². The zero-order chi connectivity index (χ0) is 13.9. The lowest BCUT2D eigenvalue weighted by Crippen LogP contribution is -2.20. The molecule has 0 aliphatic rings. The molecule has 1 heterocycles. The van der Waals surface area contributed by atoms with E-state index in [9.17, 15) is 4.79 Å². The Labute approximate surface area is 116 Å². The second kappa shape index (κ2) is 9.31. The summed E-state index contributed by atoms with van der Waals surface area (Å²) < 4.78 is 0. The molecule has 1 rings (SSSR count). The lowest BCUT2D eigenvalue weighted by molar-refractivity contribution is 0.104. The largest absolute Gasteiger partial charge is 0.377 e. The van der Waals surface area contributed by atoms with E-state index >= 15 is 0 Å². The standard InChI is InChI=1S/C16H24N2O/c1-3-5-11-18(12-6-4-2)13-9-16(19)15-8-7-10-17-14-15/h7-10,13-14H,3-6,11-12H2,1-2H3/b13-9+. The van der Waals surface area contributed by atoms with Crippen LogP contribution < -0.4 is 0 Å². The second-order valence-corrected chi connectivity index (χ2v) is 4.66. The maximum atomic E-state index is 11.9. The summed E-state index contributed by atoms with van der Waals surface area (Å²) in [6, 6.07) is 3.58. The Balaban J connectivity index is 2.56. The highest BCUT2D eigenvalue weighted by atomic mass is 16.1. The van der Waals surface area contributed by atoms with Gasteiger partial charge < -0.3 is 4.90 Å². The van der Waals surface area contributed by atoms with E-state index in [4.69, 9.17) is 0 Å². The van der Waals surface area contributed by atoms with E-state index in [-0.39, 0.29) is 5.78 Å². The van der Waals surface area contributed by atoms with Gasteiger partial charge in [-0.2, -0.15) is 0 Å². The number of hydrogen-bond donors (Lipinski definition) is 0. The molecule has 3 nitrogen and oxygen atoms in total. The van der Waals surface area contributed by atoms with Crippen molar-refractivity contribution in [3.63, 3.8) is 0 Å². The Morgan fingerprint density at radius 2 is 1.95 bits per heavy atom. The van der Waals surface area contributed by atoms with Crippen molar-refractivity contribution in [2.45, 2.75) is 39.5 Å². The average molecular weight is 260 g/mol. The third-order valence-electron chi connectivity index (χ3n) is 2.98. The molecule has 0 aliphatic heterocycles. The van der Waals surface area contributed by atoms with Crippen LogP contribution in [-0.2, 0) is 0 Å². The molecule has 0 unspecified atom stereocenters. The first-order valence-electron chi connectivity index (χ1n) is 7.14. The number of aromatic nitrogens is 1. The molecule has 0 amide bonds. The molecule has 0 radical (unpaired) electrons. The quantitative estimate of drug-likeness (QED) is 0.501. The number of allylic oxidation sites excluding steroid dienone is 1. The molecule has 3 heteroatoms. The van der Waals surface area contributed by atoms with Gasteiger partial charge in [-0.05, 0) is 25.0 Å². The van der Waals surface area contributed by atoms with E-state index in [1.54, 1.807) is 30.6 Å². The molecular formula is C16H24N2O. The minimum absolute atomic E-state index is 0.0195. The van der Waals surface area contributed by atoms with E-state index in [0.717, 1.165) is 25.9 Å². The van der Waals surface area contributed by atoms with Crippen LogP contribution in [-0.4, -0.2) is 28.8 Å². The number of unbranched alkanes of at least 4 members (excludes halogenated alkanes) is 2. The maximum Gasteiger partial charge on any atom is 0.188 e. The fraction of sp³-hybridized carbons (Fsp3) is 0.500. The molecule has 0 fully saturated rings. The second-order valence-electron chi connectivity index (χ2n) is 4.66. The summed E-state index contributed by atoms with van der Waals surface area (Å²) in [4.78, 5) is 18.1. The molecule has 0 aromatic carbocycles. The lowest BCUT2D eigenvalue weighted by atomic mass is 10.2. The highest BCUT2D eigenvalue weighted by Gasteiger charge is 2.02. The highest BCUT2D eigenvalue weighted by molar-refractivity contribution is 6.04. The number of rotatable bonds is 9. The van der Waals surface area contributed by atoms with Crippen molar-refractivity contribution >= 4 is 5.78 Å². The van der Waals surface area contributed by atoms with Crippen LogP contribution >= 0.6 is 0 Å². The summed E-state index contributed by atoms with van der Waals surface area (Å²) in [5.41, 5.74) is 0.643. The zero-order valence-corrected chi connectivity index (χ0v) is 12.0. The normalized spacial score (nSPS) is 10.8. The van der Waals surface area contributed by atoms with Gasteiger partial charge in [0.25, 0.3) is 0 Å². The Morgan fingerprint density at radius 1 is 1.26 bits per heavy atom. The number of pyridine rings is 1. The van der Waals surface area contributed by atoms with Crippen molar-refractivity contribution in [3.8, 4) is 0 Å². The summed E-state index contributed by atoms with van der Waals surface area (Å²) in [5, 5.41) is 0. The van der Waals surface area contributed by atoms with Gasteiger partial charge in [-0.3, -0.25) is 9.78 Å². The summed E-state index contributed by atoms with van der Waals surface area (Å²) >= 11 is 0. The van der Waals surface area contributed by atoms with Crippen LogP contribution in [0.4, 0.5) is 0 Å². The Hall–Kier alpha value is -1.64. The van der Waals surface area contributed by atoms with Gasteiger partial charge in [-0.25, -0.2) is 0 Å². The Bertz CT molecular complexity index is 379. The lowest BCUT2D eigenvalue weighted by Gasteiger charge is -2.19. The third-order valence-corrected chi connectivity index (χ3v) is 2.98. The number of carbonyl (C=O) groups is 1. The van der Waals surface area contributed by atoms with E-state index in [1.165, 1.54) is 12.8 Å². The third kappa shape index (κ3) is 6.18. The highest BCUT2D eigenvalue weighted by Crippen LogP contribution is 2.03. The van der Waals surface area contributed by atoms with Crippen molar-refractivity contribution in [1.82, 2.24) is 9.88 Å².